The van der Waals surface area contributed by atoms with Gasteiger partial charge in [-0.1, -0.05) is 69.3 Å². The Morgan fingerprint density at radius 2 is 1.83 bits per heavy atom. The molecule has 4 rings (SSSR count). The molecule has 7 nitrogen and oxygen atoms in total. The molecule has 2 aromatic carbocycles. The number of fused-ring (bicyclic) bond motifs is 8. The number of carbonyl (C=O) groups excluding carboxylic acids is 3. The van der Waals surface area contributed by atoms with Crippen LogP contribution in [0.25, 0.3) is 17.2 Å². The first-order chi connectivity index (χ1) is 17.2. The Labute approximate surface area is 212 Å². The molecule has 2 aliphatic rings. The number of aldehydes is 1. The molecule has 2 amide bonds. The van der Waals surface area contributed by atoms with Gasteiger partial charge in [0.05, 0.1) is 19.2 Å². The minimum absolute atomic E-state index is 0.183. The van der Waals surface area contributed by atoms with E-state index in [1.165, 1.54) is 4.90 Å². The Balaban J connectivity index is 1.81. The third kappa shape index (κ3) is 5.21. The van der Waals surface area contributed by atoms with E-state index in [2.05, 4.69) is 17.4 Å². The molecule has 1 saturated heterocycles. The molecule has 0 aliphatic carbocycles. The summed E-state index contributed by atoms with van der Waals surface area (Å²) in [6.45, 7) is 6.00. The molecule has 0 radical (unpaired) electrons. The molecule has 7 heteroatoms. The molecule has 0 unspecified atom stereocenters. The zero-order chi connectivity index (χ0) is 25.9. The van der Waals surface area contributed by atoms with E-state index >= 15 is 0 Å². The number of hydrogen-bond donors (Lipinski definition) is 1. The molecule has 3 atom stereocenters. The molecule has 1 N–H and O–H groups in total. The topological polar surface area (TPSA) is 84.9 Å². The fraction of sp³-hybridized carbons (Fsp3) is 0.414. The Kier molecular flexibility index (Phi) is 7.31. The lowest BCUT2D eigenvalue weighted by molar-refractivity contribution is -0.139. The fourth-order valence-corrected chi connectivity index (χ4v) is 4.96. The predicted molar refractivity (Wildman–Crippen MR) is 138 cm³/mol. The van der Waals surface area contributed by atoms with Crippen molar-refractivity contribution in [2.24, 2.45) is 5.41 Å². The SMILES string of the molecule is CO[C@@]12C[C@@H](C=O)N(C1)C(=O)[C@H](C(C)(C)C)NC(=O)OCCC=Cc1cccc(c1)-c1cccc2c1. The van der Waals surface area contributed by atoms with Gasteiger partial charge in [0, 0.05) is 13.5 Å². The highest BCUT2D eigenvalue weighted by Gasteiger charge is 2.50. The van der Waals surface area contributed by atoms with Crippen LogP contribution >= 0.6 is 0 Å². The van der Waals surface area contributed by atoms with Gasteiger partial charge in [-0.05, 0) is 46.2 Å². The van der Waals surface area contributed by atoms with E-state index in [0.717, 1.165) is 28.5 Å². The Morgan fingerprint density at radius 1 is 1.11 bits per heavy atom. The van der Waals surface area contributed by atoms with Crippen LogP contribution in [-0.2, 0) is 24.7 Å². The maximum absolute atomic E-state index is 13.8. The number of alkyl carbamates (subject to hydrolysis) is 1. The van der Waals surface area contributed by atoms with Gasteiger partial charge in [-0.15, -0.1) is 0 Å². The van der Waals surface area contributed by atoms with E-state index in [-0.39, 0.29) is 19.1 Å². The second-order valence-corrected chi connectivity index (χ2v) is 10.5. The van der Waals surface area contributed by atoms with Crippen LogP contribution < -0.4 is 5.32 Å². The molecule has 1 fully saturated rings. The minimum Gasteiger partial charge on any atom is -0.449 e. The van der Waals surface area contributed by atoms with Crippen LogP contribution in [0.5, 0.6) is 0 Å². The van der Waals surface area contributed by atoms with Crippen LogP contribution in [0.3, 0.4) is 0 Å². The van der Waals surface area contributed by atoms with Crippen LogP contribution in [-0.4, -0.2) is 55.5 Å². The van der Waals surface area contributed by atoms with E-state index in [0.29, 0.717) is 12.8 Å². The van der Waals surface area contributed by atoms with Crippen molar-refractivity contribution in [3.8, 4) is 11.1 Å². The molecule has 6 bridgehead atoms. The second-order valence-electron chi connectivity index (χ2n) is 10.5. The standard InChI is InChI=1S/C29H34N2O5/c1-28(2,3)25-26(33)31-19-29(35-4,17-24(31)18-32)23-13-8-12-22(16-23)21-11-7-10-20(15-21)9-5-6-14-36-27(34)30-25/h5,7-13,15-16,18,24-25H,6,14,17,19H2,1-4H3,(H,30,34)/t24-,25+,29-/m0/s1. The number of amides is 2. The van der Waals surface area contributed by atoms with Gasteiger partial charge < -0.3 is 24.5 Å². The molecule has 190 valence electrons. The highest BCUT2D eigenvalue weighted by atomic mass is 16.5. The highest BCUT2D eigenvalue weighted by Crippen LogP contribution is 2.40. The molecular formula is C29H34N2O5. The largest absolute Gasteiger partial charge is 0.449 e. The lowest BCUT2D eigenvalue weighted by atomic mass is 9.85. The summed E-state index contributed by atoms with van der Waals surface area (Å²) in [5.41, 5.74) is 2.54. The lowest BCUT2D eigenvalue weighted by Crippen LogP contribution is -2.56. The second kappa shape index (κ2) is 10.3. The van der Waals surface area contributed by atoms with Crippen LogP contribution in [0.1, 0.15) is 44.7 Å². The zero-order valence-corrected chi connectivity index (χ0v) is 21.3. The van der Waals surface area contributed by atoms with E-state index in [4.69, 9.17) is 9.47 Å². The zero-order valence-electron chi connectivity index (χ0n) is 21.3. The summed E-state index contributed by atoms with van der Waals surface area (Å²) >= 11 is 0. The van der Waals surface area contributed by atoms with E-state index in [1.807, 2.05) is 69.3 Å². The minimum atomic E-state index is -0.874. The van der Waals surface area contributed by atoms with Crippen molar-refractivity contribution in [1.82, 2.24) is 10.2 Å². The third-order valence-electron chi connectivity index (χ3n) is 7.01. The predicted octanol–water partition coefficient (Wildman–Crippen LogP) is 4.55. The van der Waals surface area contributed by atoms with Gasteiger partial charge in [-0.2, -0.15) is 0 Å². The molecule has 0 spiro atoms. The Hall–Kier alpha value is -3.45. The van der Waals surface area contributed by atoms with Crippen LogP contribution in [0.2, 0.25) is 0 Å². The van der Waals surface area contributed by atoms with Crippen molar-refractivity contribution in [3.63, 3.8) is 0 Å². The average molecular weight is 491 g/mol. The van der Waals surface area contributed by atoms with Crippen LogP contribution in [0.15, 0.2) is 54.6 Å². The lowest BCUT2D eigenvalue weighted by Gasteiger charge is -2.35. The number of hydrogen-bond acceptors (Lipinski definition) is 5. The number of nitrogens with one attached hydrogen (secondary N) is 1. The molecule has 0 saturated carbocycles. The van der Waals surface area contributed by atoms with Gasteiger partial charge in [0.1, 0.15) is 17.9 Å². The summed E-state index contributed by atoms with van der Waals surface area (Å²) in [6, 6.07) is 14.7. The van der Waals surface area contributed by atoms with Crippen molar-refractivity contribution < 1.29 is 23.9 Å². The average Bonchev–Trinajstić information content (AvgIpc) is 3.26. The maximum atomic E-state index is 13.8. The Morgan fingerprint density at radius 3 is 2.53 bits per heavy atom. The van der Waals surface area contributed by atoms with Crippen molar-refractivity contribution in [1.29, 1.82) is 0 Å². The highest BCUT2D eigenvalue weighted by molar-refractivity contribution is 5.89. The maximum Gasteiger partial charge on any atom is 0.407 e. The number of benzene rings is 2. The van der Waals surface area contributed by atoms with Gasteiger partial charge in [-0.25, -0.2) is 4.79 Å². The summed E-state index contributed by atoms with van der Waals surface area (Å²) in [4.78, 5) is 40.1. The summed E-state index contributed by atoms with van der Waals surface area (Å²) < 4.78 is 11.4. The van der Waals surface area contributed by atoms with Crippen LogP contribution in [0, 0.1) is 5.41 Å². The molecule has 2 heterocycles. The molecule has 2 aliphatic heterocycles. The van der Waals surface area contributed by atoms with E-state index in [1.54, 1.807) is 7.11 Å². The van der Waals surface area contributed by atoms with Crippen molar-refractivity contribution >= 4 is 24.4 Å². The van der Waals surface area contributed by atoms with Crippen molar-refractivity contribution in [2.45, 2.75) is 51.3 Å². The van der Waals surface area contributed by atoms with Crippen molar-refractivity contribution in [3.05, 3.63) is 65.7 Å². The van der Waals surface area contributed by atoms with Gasteiger partial charge in [0.25, 0.3) is 0 Å². The number of ether oxygens (including phenoxy) is 2. The quantitative estimate of drug-likeness (QED) is 0.624. The monoisotopic (exact) mass is 490 g/mol. The van der Waals surface area contributed by atoms with Crippen molar-refractivity contribution in [2.75, 3.05) is 20.3 Å². The molecule has 0 aromatic heterocycles. The summed E-state index contributed by atoms with van der Waals surface area (Å²) in [5, 5.41) is 2.75. The molecular weight excluding hydrogens is 456 g/mol. The van der Waals surface area contributed by atoms with E-state index in [9.17, 15) is 14.4 Å². The Bertz CT molecular complexity index is 1170. The third-order valence-corrected chi connectivity index (χ3v) is 7.01. The number of methoxy groups -OCH3 is 1. The van der Waals surface area contributed by atoms with Gasteiger partial charge in [0.2, 0.25) is 5.91 Å². The molecule has 2 aromatic rings. The summed E-state index contributed by atoms with van der Waals surface area (Å²) in [5.74, 6) is -0.333. The number of nitrogens with zero attached hydrogens (tertiary/aromatic N) is 1. The van der Waals surface area contributed by atoms with Gasteiger partial charge >= 0.3 is 6.09 Å². The fourth-order valence-electron chi connectivity index (χ4n) is 4.96. The normalized spacial score (nSPS) is 24.9. The number of carbonyl (C=O) groups is 3. The first kappa shape index (κ1) is 25.6. The number of rotatable bonds is 2. The summed E-state index contributed by atoms with van der Waals surface area (Å²) in [7, 11) is 1.61. The first-order valence-electron chi connectivity index (χ1n) is 12.3. The van der Waals surface area contributed by atoms with Gasteiger partial charge in [0.15, 0.2) is 0 Å². The summed E-state index contributed by atoms with van der Waals surface area (Å²) in [6.07, 6.45) is 4.95. The first-order valence-corrected chi connectivity index (χ1v) is 12.3. The van der Waals surface area contributed by atoms with Gasteiger partial charge in [-0.3, -0.25) is 4.79 Å². The smallest absolute Gasteiger partial charge is 0.407 e. The van der Waals surface area contributed by atoms with E-state index < -0.39 is 29.2 Å². The molecule has 36 heavy (non-hydrogen) atoms. The number of cyclic esters (lactones) is 1. The van der Waals surface area contributed by atoms with Crippen LogP contribution in [0.4, 0.5) is 4.79 Å².